The highest BCUT2D eigenvalue weighted by Gasteiger charge is 2.45. The number of carbonyl (C=O) groups is 2. The lowest BCUT2D eigenvalue weighted by Gasteiger charge is -2.33. The third kappa shape index (κ3) is 3.22. The molecule has 0 heterocycles. The van der Waals surface area contributed by atoms with Crippen molar-refractivity contribution in [3.63, 3.8) is 0 Å². The Kier molecular flexibility index (Phi) is 4.59. The second-order valence-corrected chi connectivity index (χ2v) is 5.25. The summed E-state index contributed by atoms with van der Waals surface area (Å²) in [5.74, 6) is -2.91. The van der Waals surface area contributed by atoms with Crippen LogP contribution >= 0.6 is 0 Å². The van der Waals surface area contributed by atoms with Crippen LogP contribution in [0.4, 0.5) is 0 Å². The molecule has 2 rings (SSSR count). The van der Waals surface area contributed by atoms with Gasteiger partial charge in [0, 0.05) is 5.92 Å². The topological polar surface area (TPSA) is 104 Å². The summed E-state index contributed by atoms with van der Waals surface area (Å²) in [6.45, 7) is 0. The number of methoxy groups -OCH3 is 1. The molecule has 21 heavy (non-hydrogen) atoms. The number of hydrogen-bond acceptors (Lipinski definition) is 5. The Bertz CT molecular complexity index is 523. The van der Waals surface area contributed by atoms with E-state index < -0.39 is 35.8 Å². The fourth-order valence-electron chi connectivity index (χ4n) is 2.69. The number of carboxylic acids is 1. The van der Waals surface area contributed by atoms with E-state index in [0.29, 0.717) is 5.75 Å². The number of aliphatic hydroxyl groups excluding tert-OH is 2. The van der Waals surface area contributed by atoms with Gasteiger partial charge in [0.15, 0.2) is 5.78 Å². The third-order valence-electron chi connectivity index (χ3n) is 3.93. The van der Waals surface area contributed by atoms with Gasteiger partial charge in [-0.2, -0.15) is 0 Å². The van der Waals surface area contributed by atoms with Crippen molar-refractivity contribution in [3.05, 3.63) is 29.8 Å². The summed E-state index contributed by atoms with van der Waals surface area (Å²) in [7, 11) is 1.54. The Morgan fingerprint density at radius 3 is 2.43 bits per heavy atom. The second-order valence-electron chi connectivity index (χ2n) is 5.25. The summed E-state index contributed by atoms with van der Waals surface area (Å²) >= 11 is 0. The van der Waals surface area contributed by atoms with E-state index in [1.165, 1.54) is 7.11 Å². The van der Waals surface area contributed by atoms with Crippen LogP contribution in [0.3, 0.4) is 0 Å². The maximum absolute atomic E-state index is 12.1. The van der Waals surface area contributed by atoms with Crippen LogP contribution in [0.2, 0.25) is 0 Å². The van der Waals surface area contributed by atoms with E-state index in [-0.39, 0.29) is 12.8 Å². The van der Waals surface area contributed by atoms with E-state index in [1.54, 1.807) is 24.3 Å². The Morgan fingerprint density at radius 2 is 1.90 bits per heavy atom. The first-order chi connectivity index (χ1) is 9.93. The van der Waals surface area contributed by atoms with Crippen molar-refractivity contribution in [1.29, 1.82) is 0 Å². The molecule has 1 aliphatic carbocycles. The maximum Gasteiger partial charge on any atom is 0.307 e. The predicted octanol–water partition coefficient (Wildman–Crippen LogP) is 0.249. The minimum absolute atomic E-state index is 0.122. The number of benzene rings is 1. The Morgan fingerprint density at radius 1 is 1.29 bits per heavy atom. The molecule has 4 atom stereocenters. The SMILES string of the molecule is COc1ccc(CC2C(=O)[C@@H](O)C(O)C[C@@H]2C(=O)O)cc1. The van der Waals surface area contributed by atoms with Gasteiger partial charge in [0.2, 0.25) is 0 Å². The molecule has 0 radical (unpaired) electrons. The normalized spacial score (nSPS) is 29.2. The van der Waals surface area contributed by atoms with Gasteiger partial charge in [0.25, 0.3) is 0 Å². The molecule has 1 saturated carbocycles. The first-order valence-electron chi connectivity index (χ1n) is 6.69. The molecule has 6 nitrogen and oxygen atoms in total. The van der Waals surface area contributed by atoms with Crippen LogP contribution in [0.15, 0.2) is 24.3 Å². The molecule has 1 aromatic rings. The van der Waals surface area contributed by atoms with Gasteiger partial charge in [-0.05, 0) is 30.5 Å². The minimum atomic E-state index is -1.51. The van der Waals surface area contributed by atoms with Gasteiger partial charge in [-0.15, -0.1) is 0 Å². The number of ether oxygens (including phenoxy) is 1. The van der Waals surface area contributed by atoms with E-state index in [0.717, 1.165) is 5.56 Å². The number of Topliss-reactive ketones (excluding diaryl/α,β-unsaturated/α-hetero) is 1. The highest BCUT2D eigenvalue weighted by Crippen LogP contribution is 2.31. The Labute approximate surface area is 122 Å². The highest BCUT2D eigenvalue weighted by atomic mass is 16.5. The van der Waals surface area contributed by atoms with Gasteiger partial charge in [0.1, 0.15) is 11.9 Å². The lowest BCUT2D eigenvalue weighted by molar-refractivity contribution is -0.159. The molecule has 114 valence electrons. The standard InChI is InChI=1S/C15H18O6/c1-21-9-4-2-8(3-5-9)6-10-11(15(19)20)7-12(16)14(18)13(10)17/h2-5,10-12,14,16,18H,6-7H2,1H3,(H,19,20)/t10?,11-,12?,14-/m0/s1. The van der Waals surface area contributed by atoms with Crippen LogP contribution in [0.5, 0.6) is 5.75 Å². The van der Waals surface area contributed by atoms with Crippen molar-refractivity contribution in [2.24, 2.45) is 11.8 Å². The average Bonchev–Trinajstić information content (AvgIpc) is 2.48. The molecule has 0 spiro atoms. The van der Waals surface area contributed by atoms with Crippen LogP contribution in [-0.4, -0.2) is 46.4 Å². The molecule has 0 bridgehead atoms. The first kappa shape index (κ1) is 15.5. The van der Waals surface area contributed by atoms with Gasteiger partial charge < -0.3 is 20.1 Å². The summed E-state index contributed by atoms with van der Waals surface area (Å²) in [6, 6.07) is 6.96. The fraction of sp³-hybridized carbons (Fsp3) is 0.467. The molecule has 2 unspecified atom stereocenters. The Hall–Kier alpha value is -1.92. The number of aliphatic carboxylic acids is 1. The Balaban J connectivity index is 2.20. The van der Waals surface area contributed by atoms with E-state index >= 15 is 0 Å². The molecule has 0 saturated heterocycles. The van der Waals surface area contributed by atoms with Crippen molar-refractivity contribution < 1.29 is 29.6 Å². The quantitative estimate of drug-likeness (QED) is 0.735. The zero-order valence-electron chi connectivity index (χ0n) is 11.6. The number of hydrogen-bond donors (Lipinski definition) is 3. The molecule has 0 aromatic heterocycles. The predicted molar refractivity (Wildman–Crippen MR) is 73.0 cm³/mol. The molecule has 0 aliphatic heterocycles. The average molecular weight is 294 g/mol. The summed E-state index contributed by atoms with van der Waals surface area (Å²) in [6.07, 6.45) is -2.73. The smallest absolute Gasteiger partial charge is 0.307 e. The lowest BCUT2D eigenvalue weighted by atomic mass is 9.73. The van der Waals surface area contributed by atoms with Crippen LogP contribution in [0.1, 0.15) is 12.0 Å². The van der Waals surface area contributed by atoms with Crippen LogP contribution < -0.4 is 4.74 Å². The number of aliphatic hydroxyl groups is 2. The zero-order chi connectivity index (χ0) is 15.6. The third-order valence-corrected chi connectivity index (χ3v) is 3.93. The van der Waals surface area contributed by atoms with E-state index in [2.05, 4.69) is 0 Å². The molecule has 6 heteroatoms. The van der Waals surface area contributed by atoms with Crippen molar-refractivity contribution in [3.8, 4) is 5.75 Å². The van der Waals surface area contributed by atoms with Gasteiger partial charge in [-0.25, -0.2) is 0 Å². The van der Waals surface area contributed by atoms with E-state index in [1.807, 2.05) is 0 Å². The fourth-order valence-corrected chi connectivity index (χ4v) is 2.69. The summed E-state index contributed by atoms with van der Waals surface area (Å²) in [5.41, 5.74) is 0.781. The largest absolute Gasteiger partial charge is 0.497 e. The molecular weight excluding hydrogens is 276 g/mol. The van der Waals surface area contributed by atoms with E-state index in [9.17, 15) is 24.9 Å². The number of carboxylic acid groups (broad SMARTS) is 1. The summed E-state index contributed by atoms with van der Waals surface area (Å²) in [5, 5.41) is 28.5. The van der Waals surface area contributed by atoms with Crippen molar-refractivity contribution in [1.82, 2.24) is 0 Å². The minimum Gasteiger partial charge on any atom is -0.497 e. The lowest BCUT2D eigenvalue weighted by Crippen LogP contribution is -2.50. The number of ketones is 1. The highest BCUT2D eigenvalue weighted by molar-refractivity contribution is 5.91. The van der Waals surface area contributed by atoms with Gasteiger partial charge in [-0.1, -0.05) is 12.1 Å². The van der Waals surface area contributed by atoms with Crippen molar-refractivity contribution >= 4 is 11.8 Å². The first-order valence-corrected chi connectivity index (χ1v) is 6.69. The molecule has 3 N–H and O–H groups in total. The number of carbonyl (C=O) groups excluding carboxylic acids is 1. The molecule has 1 aromatic carbocycles. The molecular formula is C15H18O6. The summed E-state index contributed by atoms with van der Waals surface area (Å²) < 4.78 is 5.04. The van der Waals surface area contributed by atoms with Crippen LogP contribution in [0.25, 0.3) is 0 Å². The van der Waals surface area contributed by atoms with Crippen LogP contribution in [-0.2, 0) is 16.0 Å². The molecule has 1 aliphatic rings. The van der Waals surface area contributed by atoms with Crippen molar-refractivity contribution in [2.45, 2.75) is 25.0 Å². The molecule has 1 fully saturated rings. The van der Waals surface area contributed by atoms with Crippen molar-refractivity contribution in [2.75, 3.05) is 7.11 Å². The second kappa shape index (κ2) is 6.24. The number of rotatable bonds is 4. The maximum atomic E-state index is 12.1. The monoisotopic (exact) mass is 294 g/mol. The van der Waals surface area contributed by atoms with Gasteiger partial charge >= 0.3 is 5.97 Å². The van der Waals surface area contributed by atoms with Gasteiger partial charge in [0.05, 0.1) is 19.1 Å². The molecule has 0 amide bonds. The zero-order valence-corrected chi connectivity index (χ0v) is 11.6. The van der Waals surface area contributed by atoms with Gasteiger partial charge in [-0.3, -0.25) is 9.59 Å². The van der Waals surface area contributed by atoms with Crippen LogP contribution in [0, 0.1) is 11.8 Å². The summed E-state index contributed by atoms with van der Waals surface area (Å²) in [4.78, 5) is 23.4. The van der Waals surface area contributed by atoms with E-state index in [4.69, 9.17) is 4.74 Å².